The number of nitrogens with one attached hydrogen (secondary N) is 7. The fraction of sp³-hybridized carbons (Fsp3) is 0.591. The van der Waals surface area contributed by atoms with Crippen LogP contribution in [0.2, 0.25) is 0 Å². The van der Waals surface area contributed by atoms with Gasteiger partial charge in [0, 0.05) is 32.4 Å². The number of phenolic OH excluding ortho intramolecular Hbond substituents is 1. The summed E-state index contributed by atoms with van der Waals surface area (Å²) in [6.07, 6.45) is -3.91. The van der Waals surface area contributed by atoms with Gasteiger partial charge in [-0.3, -0.25) is 53.1 Å². The molecular weight excluding hydrogens is 979 g/mol. The van der Waals surface area contributed by atoms with Gasteiger partial charge in [-0.1, -0.05) is 26.0 Å². The Morgan fingerprint density at radius 1 is 0.554 bits per heavy atom. The summed E-state index contributed by atoms with van der Waals surface area (Å²) in [5.74, 6) is -12.1. The highest BCUT2D eigenvalue weighted by Crippen LogP contribution is 2.14. The second-order valence-electron chi connectivity index (χ2n) is 17.6. The molecule has 0 bridgehead atoms. The molecule has 24 N–H and O–H groups in total. The van der Waals surface area contributed by atoms with Gasteiger partial charge < -0.3 is 97.2 Å². The number of hydrogen-bond donors (Lipinski definition) is 18. The third kappa shape index (κ3) is 25.5. The van der Waals surface area contributed by atoms with Gasteiger partial charge in [-0.2, -0.15) is 0 Å². The first kappa shape index (κ1) is 64.2. The summed E-state index contributed by atoms with van der Waals surface area (Å²) in [4.78, 5) is 138. The molecule has 414 valence electrons. The normalized spacial score (nSPS) is 14.6. The van der Waals surface area contributed by atoms with Crippen molar-refractivity contribution in [2.24, 2.45) is 50.3 Å². The molecule has 1 aromatic carbocycles. The van der Waals surface area contributed by atoms with Crippen LogP contribution in [-0.2, 0) is 54.4 Å². The number of aliphatic hydroxyl groups excluding tert-OH is 2. The van der Waals surface area contributed by atoms with Crippen LogP contribution >= 0.6 is 0 Å². The summed E-state index contributed by atoms with van der Waals surface area (Å²) >= 11 is 0. The summed E-state index contributed by atoms with van der Waals surface area (Å²) in [7, 11) is 0. The average molecular weight is 1050 g/mol. The summed E-state index contributed by atoms with van der Waals surface area (Å²) in [6, 6.07) is -7.36. The quantitative estimate of drug-likeness (QED) is 0.0171. The molecule has 8 amide bonds. The van der Waals surface area contributed by atoms with E-state index in [4.69, 9.17) is 34.4 Å². The summed E-state index contributed by atoms with van der Waals surface area (Å²) < 4.78 is 0. The van der Waals surface area contributed by atoms with E-state index in [0.717, 1.165) is 6.92 Å². The lowest BCUT2D eigenvalue weighted by Gasteiger charge is -2.28. The first-order chi connectivity index (χ1) is 34.6. The van der Waals surface area contributed by atoms with E-state index in [1.165, 1.54) is 24.3 Å². The van der Waals surface area contributed by atoms with E-state index < -0.39 is 146 Å². The van der Waals surface area contributed by atoms with Gasteiger partial charge in [0.15, 0.2) is 11.9 Å². The number of benzene rings is 1. The van der Waals surface area contributed by atoms with E-state index in [2.05, 4.69) is 47.2 Å². The van der Waals surface area contributed by atoms with E-state index >= 15 is 0 Å². The number of aliphatic carboxylic acids is 2. The number of carbonyl (C=O) groups excluding carboxylic acids is 8. The van der Waals surface area contributed by atoms with Crippen LogP contribution < -0.4 is 71.6 Å². The minimum atomic E-state index is -1.95. The molecule has 0 aliphatic carbocycles. The van der Waals surface area contributed by atoms with Crippen LogP contribution in [-0.4, -0.2) is 171 Å². The lowest BCUT2D eigenvalue weighted by Crippen LogP contribution is -2.62. The predicted octanol–water partition coefficient (Wildman–Crippen LogP) is -6.60. The number of nitrogens with zero attached hydrogens (tertiary/aromatic N) is 2. The van der Waals surface area contributed by atoms with Crippen molar-refractivity contribution in [2.75, 3.05) is 19.7 Å². The van der Waals surface area contributed by atoms with E-state index in [9.17, 15) is 73.5 Å². The van der Waals surface area contributed by atoms with Gasteiger partial charge in [0.2, 0.25) is 47.3 Å². The maximum absolute atomic E-state index is 14.2. The van der Waals surface area contributed by atoms with Crippen LogP contribution in [0.1, 0.15) is 84.1 Å². The molecule has 9 atom stereocenters. The van der Waals surface area contributed by atoms with Crippen molar-refractivity contribution in [1.29, 1.82) is 0 Å². The molecule has 74 heavy (non-hydrogen) atoms. The molecule has 30 heteroatoms. The lowest BCUT2D eigenvalue weighted by molar-refractivity contribution is -0.143. The fourth-order valence-corrected chi connectivity index (χ4v) is 6.77. The number of carboxylic acid groups (broad SMARTS) is 2. The van der Waals surface area contributed by atoms with Crippen LogP contribution in [0.15, 0.2) is 34.3 Å². The molecule has 1 aromatic rings. The van der Waals surface area contributed by atoms with Gasteiger partial charge in [0.05, 0.1) is 18.8 Å². The van der Waals surface area contributed by atoms with E-state index in [1.807, 2.05) is 0 Å². The monoisotopic (exact) mass is 1050 g/mol. The summed E-state index contributed by atoms with van der Waals surface area (Å²) in [5, 5.41) is 65.8. The first-order valence-corrected chi connectivity index (χ1v) is 23.4. The summed E-state index contributed by atoms with van der Waals surface area (Å²) in [5.41, 5.74) is 33.4. The topological polar surface area (TPSA) is 537 Å². The highest BCUT2D eigenvalue weighted by atomic mass is 16.4. The Kier molecular flexibility index (Phi) is 28.6. The van der Waals surface area contributed by atoms with E-state index in [1.54, 1.807) is 13.8 Å². The zero-order chi connectivity index (χ0) is 56.2. The number of nitrogens with two attached hydrogens (primary N) is 6. The maximum Gasteiger partial charge on any atom is 0.326 e. The van der Waals surface area contributed by atoms with Gasteiger partial charge in [-0.15, -0.1) is 0 Å². The zero-order valence-electron chi connectivity index (χ0n) is 41.5. The standard InChI is InChI=1S/C44H73N15O15/c1-21(2)18-30(42(73)74)57-37(68)28(13-15-33(64)65)55-41(72)34(22(3)61)59-40(71)31(20-60)58-38(69)27(12-14-32(46)63)54-39(70)29(19-23-8-10-24(62)11-9-23)56-36(67)26(7-5-17-52-44(49)50)53-35(66)25(45)6-4-16-51-43(47)48/h8-11,21-22,25-31,34,60-62H,4-7,12-20,45H2,1-3H3,(H2,46,63)(H,53,66)(H,54,70)(H,55,72)(H,56,67)(H,57,68)(H,58,69)(H,59,71)(H,64,65)(H,73,74)(H4,47,48,51)(H4,49,50,52)/t22-,25+,26+,27+,28+,29+,30+,31+,34+/m1/s1. The fourth-order valence-electron chi connectivity index (χ4n) is 6.77. The van der Waals surface area contributed by atoms with Gasteiger partial charge in [-0.25, -0.2) is 4.79 Å². The first-order valence-electron chi connectivity index (χ1n) is 23.4. The Bertz CT molecular complexity index is 2130. The maximum atomic E-state index is 14.2. The van der Waals surface area contributed by atoms with Crippen LogP contribution in [0, 0.1) is 5.92 Å². The molecule has 0 spiro atoms. The molecular formula is C44H73N15O15. The van der Waals surface area contributed by atoms with Crippen LogP contribution in [0.5, 0.6) is 5.75 Å². The third-order valence-corrected chi connectivity index (χ3v) is 10.7. The second kappa shape index (κ2) is 33.0. The van der Waals surface area contributed by atoms with E-state index in [-0.39, 0.29) is 68.8 Å². The average Bonchev–Trinajstić information content (AvgIpc) is 3.31. The summed E-state index contributed by atoms with van der Waals surface area (Å²) in [6.45, 7) is 3.44. The Morgan fingerprint density at radius 3 is 1.46 bits per heavy atom. The number of carboxylic acids is 2. The number of carbonyl (C=O) groups is 10. The van der Waals surface area contributed by atoms with Crippen molar-refractivity contribution in [3.63, 3.8) is 0 Å². The third-order valence-electron chi connectivity index (χ3n) is 10.7. The molecule has 0 radical (unpaired) electrons. The SMILES string of the molecule is CC(C)C[C@H](NC(=O)[C@H](CCC(=O)O)NC(=O)[C@@H](NC(=O)[C@H](CO)NC(=O)[C@H](CCC(N)=O)NC(=O)[C@H](Cc1ccc(O)cc1)NC(=O)[C@H](CCCN=C(N)N)NC(=O)[C@@H](N)CCCN=C(N)N)[C@@H](C)O)C(=O)O. The highest BCUT2D eigenvalue weighted by Gasteiger charge is 2.36. The van der Waals surface area contributed by atoms with Crippen molar-refractivity contribution in [2.45, 2.75) is 139 Å². The number of aromatic hydroxyl groups is 1. The van der Waals surface area contributed by atoms with Gasteiger partial charge >= 0.3 is 11.9 Å². The van der Waals surface area contributed by atoms with Crippen molar-refractivity contribution in [1.82, 2.24) is 37.2 Å². The molecule has 0 aliphatic rings. The molecule has 0 heterocycles. The minimum absolute atomic E-state index is 0.0298. The van der Waals surface area contributed by atoms with Gasteiger partial charge in [0.1, 0.15) is 48.0 Å². The van der Waals surface area contributed by atoms with E-state index in [0.29, 0.717) is 12.0 Å². The van der Waals surface area contributed by atoms with Gasteiger partial charge in [-0.05, 0) is 75.5 Å². The molecule has 0 saturated carbocycles. The Morgan fingerprint density at radius 2 is 0.986 bits per heavy atom. The minimum Gasteiger partial charge on any atom is -0.508 e. The van der Waals surface area contributed by atoms with Gasteiger partial charge in [0.25, 0.3) is 0 Å². The Hall–Kier alpha value is -7.86. The highest BCUT2D eigenvalue weighted by molar-refractivity contribution is 5.98. The number of aliphatic imine (C=N–C) groups is 2. The van der Waals surface area contributed by atoms with Crippen molar-refractivity contribution in [3.05, 3.63) is 29.8 Å². The molecule has 0 aliphatic heterocycles. The smallest absolute Gasteiger partial charge is 0.326 e. The van der Waals surface area contributed by atoms with Crippen LogP contribution in [0.4, 0.5) is 0 Å². The van der Waals surface area contributed by atoms with Crippen LogP contribution in [0.3, 0.4) is 0 Å². The lowest BCUT2D eigenvalue weighted by atomic mass is 10.0. The predicted molar refractivity (Wildman–Crippen MR) is 264 cm³/mol. The Balaban J connectivity index is 3.50. The number of guanidine groups is 2. The largest absolute Gasteiger partial charge is 0.508 e. The molecule has 0 fully saturated rings. The van der Waals surface area contributed by atoms with Crippen LogP contribution in [0.25, 0.3) is 0 Å². The molecule has 30 nitrogen and oxygen atoms in total. The van der Waals surface area contributed by atoms with Crippen molar-refractivity contribution >= 4 is 71.1 Å². The number of amides is 8. The molecule has 1 rings (SSSR count). The second-order valence-corrected chi connectivity index (χ2v) is 17.6. The number of rotatable bonds is 35. The number of primary amides is 1. The number of hydrogen-bond acceptors (Lipinski definition) is 16. The Labute approximate surface area is 426 Å². The zero-order valence-corrected chi connectivity index (χ0v) is 41.5. The molecule has 0 saturated heterocycles. The number of phenols is 1. The molecule has 0 unspecified atom stereocenters. The van der Waals surface area contributed by atoms with Crippen molar-refractivity contribution < 1.29 is 73.5 Å². The van der Waals surface area contributed by atoms with Crippen molar-refractivity contribution in [3.8, 4) is 5.75 Å². The molecule has 0 aromatic heterocycles. The number of aliphatic hydroxyl groups is 2.